The van der Waals surface area contributed by atoms with Crippen molar-refractivity contribution in [2.24, 2.45) is 5.92 Å². The van der Waals surface area contributed by atoms with Crippen molar-refractivity contribution in [1.82, 2.24) is 4.90 Å². The minimum atomic E-state index is -0.766. The summed E-state index contributed by atoms with van der Waals surface area (Å²) in [6, 6.07) is 6.36. The van der Waals surface area contributed by atoms with Gasteiger partial charge < -0.3 is 14.4 Å². The third-order valence-electron chi connectivity index (χ3n) is 3.92. The lowest BCUT2D eigenvalue weighted by Crippen LogP contribution is -2.39. The lowest BCUT2D eigenvalue weighted by molar-refractivity contribution is -0.121. The van der Waals surface area contributed by atoms with E-state index in [1.165, 1.54) is 0 Å². The van der Waals surface area contributed by atoms with Crippen molar-refractivity contribution in [3.05, 3.63) is 29.8 Å². The standard InChI is InChI=1S/C17H21NO5/c1-3-22-17(21)23-15-6-4-14(5-7-15)16(20)18-10-8-13(9-11-18)12(2)19/h4-7,13H,3,8-11H2,1-2H3. The van der Waals surface area contributed by atoms with Crippen molar-refractivity contribution in [3.8, 4) is 5.75 Å². The van der Waals surface area contributed by atoms with Crippen molar-refractivity contribution in [2.45, 2.75) is 26.7 Å². The molecule has 1 aromatic rings. The molecule has 1 heterocycles. The average Bonchev–Trinajstić information content (AvgIpc) is 2.55. The van der Waals surface area contributed by atoms with Gasteiger partial charge in [-0.25, -0.2) is 4.79 Å². The monoisotopic (exact) mass is 319 g/mol. The number of hydrogen-bond donors (Lipinski definition) is 0. The van der Waals surface area contributed by atoms with Crippen LogP contribution >= 0.6 is 0 Å². The predicted octanol–water partition coefficient (Wildman–Crippen LogP) is 2.66. The molecule has 6 nitrogen and oxygen atoms in total. The molecule has 0 N–H and O–H groups in total. The van der Waals surface area contributed by atoms with Crippen LogP contribution in [-0.4, -0.2) is 42.4 Å². The molecule has 1 amide bonds. The van der Waals surface area contributed by atoms with Crippen molar-refractivity contribution in [1.29, 1.82) is 0 Å². The van der Waals surface area contributed by atoms with E-state index in [0.29, 0.717) is 37.2 Å². The summed E-state index contributed by atoms with van der Waals surface area (Å²) >= 11 is 0. The summed E-state index contributed by atoms with van der Waals surface area (Å²) in [5, 5.41) is 0. The minimum Gasteiger partial charge on any atom is -0.434 e. The maximum atomic E-state index is 12.4. The van der Waals surface area contributed by atoms with E-state index in [2.05, 4.69) is 4.74 Å². The molecule has 1 aromatic carbocycles. The van der Waals surface area contributed by atoms with Crippen LogP contribution in [0.25, 0.3) is 0 Å². The van der Waals surface area contributed by atoms with E-state index < -0.39 is 6.16 Å². The number of rotatable bonds is 4. The molecule has 0 bridgehead atoms. The fourth-order valence-electron chi connectivity index (χ4n) is 2.58. The van der Waals surface area contributed by atoms with Crippen molar-refractivity contribution < 1.29 is 23.9 Å². The van der Waals surface area contributed by atoms with Gasteiger partial charge in [0, 0.05) is 24.6 Å². The summed E-state index contributed by atoms with van der Waals surface area (Å²) in [5.74, 6) is 0.516. The van der Waals surface area contributed by atoms with Crippen LogP contribution in [0.2, 0.25) is 0 Å². The second kappa shape index (κ2) is 7.76. The Bertz CT molecular complexity index is 573. The Balaban J connectivity index is 1.93. The van der Waals surface area contributed by atoms with Crippen LogP contribution in [0.4, 0.5) is 4.79 Å². The van der Waals surface area contributed by atoms with E-state index in [1.807, 2.05) is 0 Å². The zero-order valence-corrected chi connectivity index (χ0v) is 13.4. The van der Waals surface area contributed by atoms with Gasteiger partial charge in [0.1, 0.15) is 11.5 Å². The second-order valence-corrected chi connectivity index (χ2v) is 5.49. The Hall–Kier alpha value is -2.37. The average molecular weight is 319 g/mol. The highest BCUT2D eigenvalue weighted by atomic mass is 16.7. The van der Waals surface area contributed by atoms with Gasteiger partial charge in [-0.3, -0.25) is 9.59 Å². The summed E-state index contributed by atoms with van der Waals surface area (Å²) in [6.45, 7) is 4.71. The van der Waals surface area contributed by atoms with Gasteiger partial charge in [0.05, 0.1) is 6.61 Å². The number of carbonyl (C=O) groups excluding carboxylic acids is 3. The number of hydrogen-bond acceptors (Lipinski definition) is 5. The summed E-state index contributed by atoms with van der Waals surface area (Å²) in [4.78, 5) is 36.8. The first-order chi connectivity index (χ1) is 11.0. The van der Waals surface area contributed by atoms with E-state index in [1.54, 1.807) is 43.0 Å². The van der Waals surface area contributed by atoms with Gasteiger partial charge in [-0.15, -0.1) is 0 Å². The number of ether oxygens (including phenoxy) is 2. The molecule has 124 valence electrons. The van der Waals surface area contributed by atoms with Crippen LogP contribution in [0, 0.1) is 5.92 Å². The largest absolute Gasteiger partial charge is 0.513 e. The third-order valence-corrected chi connectivity index (χ3v) is 3.92. The highest BCUT2D eigenvalue weighted by Gasteiger charge is 2.25. The van der Waals surface area contributed by atoms with Crippen molar-refractivity contribution in [3.63, 3.8) is 0 Å². The lowest BCUT2D eigenvalue weighted by Gasteiger charge is -2.30. The first-order valence-electron chi connectivity index (χ1n) is 7.75. The molecule has 1 aliphatic rings. The first-order valence-corrected chi connectivity index (χ1v) is 7.75. The van der Waals surface area contributed by atoms with E-state index in [4.69, 9.17) is 4.74 Å². The Morgan fingerprint density at radius 1 is 1.13 bits per heavy atom. The van der Waals surface area contributed by atoms with Crippen LogP contribution in [0.1, 0.15) is 37.0 Å². The number of Topliss-reactive ketones (excluding diaryl/α,β-unsaturated/α-hetero) is 1. The van der Waals surface area contributed by atoms with Crippen LogP contribution in [0.15, 0.2) is 24.3 Å². The molecule has 0 aromatic heterocycles. The summed E-state index contributed by atoms with van der Waals surface area (Å²) in [6.07, 6.45) is 0.661. The lowest BCUT2D eigenvalue weighted by atomic mass is 9.93. The molecule has 0 spiro atoms. The molecule has 1 fully saturated rings. The molecule has 0 unspecified atom stereocenters. The molecule has 0 saturated carbocycles. The Morgan fingerprint density at radius 2 is 1.74 bits per heavy atom. The zero-order chi connectivity index (χ0) is 16.8. The SMILES string of the molecule is CCOC(=O)Oc1ccc(C(=O)N2CCC(C(C)=O)CC2)cc1. The van der Waals surface area contributed by atoms with Gasteiger partial charge >= 0.3 is 6.16 Å². The zero-order valence-electron chi connectivity index (χ0n) is 13.4. The molecular formula is C17H21NO5. The Morgan fingerprint density at radius 3 is 2.26 bits per heavy atom. The number of likely N-dealkylation sites (tertiary alicyclic amines) is 1. The van der Waals surface area contributed by atoms with Crippen LogP contribution in [-0.2, 0) is 9.53 Å². The van der Waals surface area contributed by atoms with Crippen LogP contribution in [0.3, 0.4) is 0 Å². The number of amides is 1. The summed E-state index contributed by atoms with van der Waals surface area (Å²) in [5.41, 5.74) is 0.530. The first kappa shape index (κ1) is 17.0. The molecule has 0 aliphatic carbocycles. The van der Waals surface area contributed by atoms with E-state index in [-0.39, 0.29) is 24.2 Å². The van der Waals surface area contributed by atoms with Crippen LogP contribution in [0.5, 0.6) is 5.75 Å². The molecule has 23 heavy (non-hydrogen) atoms. The van der Waals surface area contributed by atoms with E-state index in [9.17, 15) is 14.4 Å². The van der Waals surface area contributed by atoms with Gasteiger partial charge in [0.25, 0.3) is 5.91 Å². The smallest absolute Gasteiger partial charge is 0.434 e. The number of carbonyl (C=O) groups is 3. The quantitative estimate of drug-likeness (QED) is 0.630. The molecule has 0 atom stereocenters. The van der Waals surface area contributed by atoms with Crippen molar-refractivity contribution >= 4 is 17.8 Å². The molecule has 2 rings (SSSR count). The summed E-state index contributed by atoms with van der Waals surface area (Å²) < 4.78 is 9.64. The minimum absolute atomic E-state index is 0.0689. The second-order valence-electron chi connectivity index (χ2n) is 5.49. The molecule has 0 radical (unpaired) electrons. The molecule has 1 saturated heterocycles. The van der Waals surface area contributed by atoms with Gasteiger partial charge in [-0.2, -0.15) is 0 Å². The van der Waals surface area contributed by atoms with E-state index in [0.717, 1.165) is 0 Å². The summed E-state index contributed by atoms with van der Waals surface area (Å²) in [7, 11) is 0. The van der Waals surface area contributed by atoms with Gasteiger partial charge in [0.2, 0.25) is 0 Å². The highest BCUT2D eigenvalue weighted by Crippen LogP contribution is 2.21. The molecule has 1 aliphatic heterocycles. The number of nitrogens with zero attached hydrogens (tertiary/aromatic N) is 1. The molecular weight excluding hydrogens is 298 g/mol. The van der Waals surface area contributed by atoms with Gasteiger partial charge in [-0.05, 0) is 51.0 Å². The maximum Gasteiger partial charge on any atom is 0.513 e. The highest BCUT2D eigenvalue weighted by molar-refractivity contribution is 5.94. The fourth-order valence-corrected chi connectivity index (χ4v) is 2.58. The number of benzene rings is 1. The topological polar surface area (TPSA) is 72.9 Å². The number of ketones is 1. The molecule has 6 heteroatoms. The van der Waals surface area contributed by atoms with Crippen LogP contribution < -0.4 is 4.74 Å². The Labute approximate surface area is 135 Å². The van der Waals surface area contributed by atoms with E-state index >= 15 is 0 Å². The van der Waals surface area contributed by atoms with Crippen molar-refractivity contribution in [2.75, 3.05) is 19.7 Å². The third kappa shape index (κ3) is 4.55. The maximum absolute atomic E-state index is 12.4. The Kier molecular flexibility index (Phi) is 5.73. The van der Waals surface area contributed by atoms with Gasteiger partial charge in [-0.1, -0.05) is 0 Å². The normalized spacial score (nSPS) is 15.1. The fraction of sp³-hybridized carbons (Fsp3) is 0.471. The number of piperidine rings is 1. The predicted molar refractivity (Wildman–Crippen MR) is 83.4 cm³/mol. The van der Waals surface area contributed by atoms with Gasteiger partial charge in [0.15, 0.2) is 0 Å².